The quantitative estimate of drug-likeness (QED) is 0.169. The molecule has 12 atom stereocenters. The number of carbonyl (C=O) groups is 6. The molecule has 2 N–H and O–H groups in total. The number of benzene rings is 2. The lowest BCUT2D eigenvalue weighted by Gasteiger charge is -2.68. The van der Waals surface area contributed by atoms with Gasteiger partial charge < -0.3 is 58.0 Å². The number of methoxy groups -OCH3 is 1. The van der Waals surface area contributed by atoms with Gasteiger partial charge >= 0.3 is 30.3 Å². The highest BCUT2D eigenvalue weighted by atomic mass is 16.8. The van der Waals surface area contributed by atoms with Crippen LogP contribution in [-0.4, -0.2) is 133 Å². The number of hydrogen-bond donors (Lipinski definition) is 2. The Hall–Kier alpha value is -5.56. The van der Waals surface area contributed by atoms with E-state index in [1.165, 1.54) is 28.1 Å². The van der Waals surface area contributed by atoms with E-state index >= 15 is 4.79 Å². The Balaban J connectivity index is 1.47. The van der Waals surface area contributed by atoms with Gasteiger partial charge in [0.2, 0.25) is 0 Å². The van der Waals surface area contributed by atoms with Crippen molar-refractivity contribution < 1.29 is 76.5 Å². The Kier molecular flexibility index (Phi) is 12.9. The van der Waals surface area contributed by atoms with Crippen molar-refractivity contribution >= 4 is 36.1 Å². The van der Waals surface area contributed by atoms with E-state index in [4.69, 9.17) is 42.6 Å². The van der Waals surface area contributed by atoms with Crippen LogP contribution in [-0.2, 0) is 63.6 Å². The van der Waals surface area contributed by atoms with Gasteiger partial charge in [0, 0.05) is 45.9 Å². The fourth-order valence-electron chi connectivity index (χ4n) is 11.0. The summed E-state index contributed by atoms with van der Waals surface area (Å²) < 4.78 is 56.3. The van der Waals surface area contributed by atoms with Gasteiger partial charge in [0.15, 0.2) is 41.4 Å². The average Bonchev–Trinajstić information content (AvgIpc) is 3.61. The summed E-state index contributed by atoms with van der Waals surface area (Å²) >= 11 is 0. The molecule has 2 saturated heterocycles. The number of ether oxygens (including phenoxy) is 9. The zero-order valence-corrected chi connectivity index (χ0v) is 39.1. The number of aliphatic hydroxyl groups is 1. The minimum absolute atomic E-state index is 0.0639. The third kappa shape index (κ3) is 7.98. The Morgan fingerprint density at radius 3 is 2.17 bits per heavy atom. The van der Waals surface area contributed by atoms with E-state index in [1.807, 2.05) is 30.3 Å². The predicted octanol–water partition coefficient (Wildman–Crippen LogP) is 5.13. The number of nitrogens with zero attached hydrogens (tertiary/aromatic N) is 1. The molecule has 66 heavy (non-hydrogen) atoms. The summed E-state index contributed by atoms with van der Waals surface area (Å²) in [7, 11) is 4.31. The minimum atomic E-state index is -2.12. The maximum atomic E-state index is 16.1. The van der Waals surface area contributed by atoms with Gasteiger partial charge in [0.05, 0.1) is 30.8 Å². The molecule has 2 aromatic carbocycles. The molecule has 2 heterocycles. The van der Waals surface area contributed by atoms with Crippen LogP contribution in [0.4, 0.5) is 14.4 Å². The molecular weight excluding hydrogens is 861 g/mol. The Morgan fingerprint density at radius 2 is 1.61 bits per heavy atom. The number of Topliss-reactive ketones (excluding diaryl/α,β-unsaturated/α-hetero) is 1. The zero-order chi connectivity index (χ0) is 48.3. The first-order valence-corrected chi connectivity index (χ1v) is 21.9. The molecule has 0 radical (unpaired) electrons. The number of hydrogen-bond acceptors (Lipinski definition) is 16. The predicted molar refractivity (Wildman–Crippen MR) is 230 cm³/mol. The topological polar surface area (TPSA) is 221 Å². The highest BCUT2D eigenvalue weighted by molar-refractivity contribution is 5.95. The van der Waals surface area contributed by atoms with Crippen LogP contribution < -0.4 is 5.32 Å². The standard InChI is InChI=1S/C48H60N2O16/c1-25-31-35(62-42(56)50(9)10)37(53)46(8)29(58-11)22-30-47(24-60-30,64-26(2)51)36(46)39(59-23-27-18-14-12-15-19-27)48(45(31,6)7)38(63-43(57)66-48)34(25)61-40(54)33(52)32(28-20-16-13-17-21-28)49-41(55)65-44(3,4)5/h12-21,29-30,32-36,38-39,52H,22-24H2,1-11H3,(H,49,55)/t29-,30+,32-,33+,34+,35+,36?,38-,39-,46+,47-,48+/m0/s1. The van der Waals surface area contributed by atoms with Gasteiger partial charge in [-0.25, -0.2) is 19.2 Å². The van der Waals surface area contributed by atoms with Crippen molar-refractivity contribution in [2.45, 2.75) is 134 Å². The zero-order valence-electron chi connectivity index (χ0n) is 39.1. The number of ketones is 1. The summed E-state index contributed by atoms with van der Waals surface area (Å²) in [5, 5.41) is 14.5. The molecule has 2 saturated carbocycles. The van der Waals surface area contributed by atoms with E-state index in [0.717, 1.165) is 4.90 Å². The molecule has 0 aromatic heterocycles. The number of rotatable bonds is 11. The summed E-state index contributed by atoms with van der Waals surface area (Å²) in [4.78, 5) is 86.3. The van der Waals surface area contributed by atoms with Crippen molar-refractivity contribution in [1.29, 1.82) is 0 Å². The van der Waals surface area contributed by atoms with Crippen molar-refractivity contribution in [3.8, 4) is 0 Å². The fraction of sp³-hybridized carbons (Fsp3) is 0.583. The van der Waals surface area contributed by atoms with Gasteiger partial charge in [-0.15, -0.1) is 0 Å². The summed E-state index contributed by atoms with van der Waals surface area (Å²) in [6, 6.07) is 15.8. The van der Waals surface area contributed by atoms with Crippen LogP contribution in [0.15, 0.2) is 71.8 Å². The van der Waals surface area contributed by atoms with Crippen LogP contribution in [0.1, 0.15) is 79.0 Å². The molecule has 18 nitrogen and oxygen atoms in total. The molecule has 2 aromatic rings. The third-order valence-corrected chi connectivity index (χ3v) is 13.9. The van der Waals surface area contributed by atoms with E-state index in [-0.39, 0.29) is 30.8 Å². The first-order chi connectivity index (χ1) is 30.9. The minimum Gasteiger partial charge on any atom is -0.454 e. The second-order valence-electron chi connectivity index (χ2n) is 19.6. The molecule has 2 aliphatic heterocycles. The molecular formula is C48H60N2O16. The molecule has 5 aliphatic rings. The van der Waals surface area contributed by atoms with Crippen LogP contribution in [0.5, 0.6) is 0 Å². The molecule has 7 rings (SSSR count). The maximum Gasteiger partial charge on any atom is 0.509 e. The van der Waals surface area contributed by atoms with E-state index in [2.05, 4.69) is 5.32 Å². The number of alkyl carbamates (subject to hydrolysis) is 1. The Bertz CT molecular complexity index is 2260. The highest BCUT2D eigenvalue weighted by Gasteiger charge is 2.82. The van der Waals surface area contributed by atoms with Crippen molar-refractivity contribution in [1.82, 2.24) is 10.2 Å². The van der Waals surface area contributed by atoms with Crippen LogP contribution in [0.3, 0.4) is 0 Å². The van der Waals surface area contributed by atoms with Gasteiger partial charge in [-0.2, -0.15) is 0 Å². The second-order valence-corrected chi connectivity index (χ2v) is 19.6. The van der Waals surface area contributed by atoms with E-state index in [1.54, 1.807) is 78.8 Å². The normalized spacial score (nSPS) is 32.8. The van der Waals surface area contributed by atoms with Crippen molar-refractivity contribution in [2.75, 3.05) is 27.8 Å². The van der Waals surface area contributed by atoms with E-state index in [9.17, 15) is 29.1 Å². The molecule has 358 valence electrons. The Labute approximate surface area is 383 Å². The van der Waals surface area contributed by atoms with E-state index < -0.39 is 118 Å². The van der Waals surface area contributed by atoms with Crippen molar-refractivity contribution in [3.05, 3.63) is 82.9 Å². The fourth-order valence-corrected chi connectivity index (χ4v) is 11.0. The lowest BCUT2D eigenvalue weighted by Crippen LogP contribution is -2.83. The monoisotopic (exact) mass is 920 g/mol. The summed E-state index contributed by atoms with van der Waals surface area (Å²) in [6.45, 7) is 12.4. The molecule has 1 spiro atoms. The number of amides is 2. The van der Waals surface area contributed by atoms with Gasteiger partial charge in [-0.1, -0.05) is 74.5 Å². The van der Waals surface area contributed by atoms with Crippen LogP contribution in [0, 0.1) is 16.7 Å². The maximum absolute atomic E-state index is 16.1. The Morgan fingerprint density at radius 1 is 0.970 bits per heavy atom. The van der Waals surface area contributed by atoms with E-state index in [0.29, 0.717) is 11.1 Å². The highest BCUT2D eigenvalue weighted by Crippen LogP contribution is 2.67. The number of carbonyl (C=O) groups excluding carboxylic acids is 6. The van der Waals surface area contributed by atoms with Crippen LogP contribution in [0.2, 0.25) is 0 Å². The van der Waals surface area contributed by atoms with Crippen molar-refractivity contribution in [2.24, 2.45) is 16.7 Å². The number of nitrogens with one attached hydrogen (secondary N) is 1. The molecule has 2 bridgehead atoms. The first kappa shape index (κ1) is 48.4. The SMILES string of the molecule is CO[C@H]1C[C@H]2OC[C@@]2(OC(C)=O)C2[C@H](OCc3ccccc3)[C@]34OC(=O)O[C@H]3[C@H](OC(=O)[C@H](O)[C@@H](NC(=O)OC(C)(C)C)c3ccccc3)C(C)=C([C@@H](OC(=O)N(C)C)C(=O)[C@@]21C)C4(C)C. The lowest BCUT2D eigenvalue weighted by molar-refractivity contribution is -0.352. The average molecular weight is 921 g/mol. The summed E-state index contributed by atoms with van der Waals surface area (Å²) in [5.74, 6) is -3.95. The number of esters is 2. The molecule has 2 amide bonds. The van der Waals surface area contributed by atoms with Gasteiger partial charge in [-0.05, 0) is 56.9 Å². The molecule has 1 unspecified atom stereocenters. The molecule has 18 heteroatoms. The van der Waals surface area contributed by atoms with Crippen molar-refractivity contribution in [3.63, 3.8) is 0 Å². The number of fused-ring (bicyclic) bond motifs is 4. The molecule has 4 fully saturated rings. The van der Waals surface area contributed by atoms with Gasteiger partial charge in [0.25, 0.3) is 0 Å². The van der Waals surface area contributed by atoms with Gasteiger partial charge in [-0.3, -0.25) is 9.59 Å². The van der Waals surface area contributed by atoms with Crippen LogP contribution >= 0.6 is 0 Å². The third-order valence-electron chi connectivity index (χ3n) is 13.9. The number of aliphatic hydroxyl groups excluding tert-OH is 1. The van der Waals surface area contributed by atoms with Gasteiger partial charge in [0.1, 0.15) is 17.8 Å². The van der Waals surface area contributed by atoms with Crippen LogP contribution in [0.25, 0.3) is 0 Å². The second kappa shape index (κ2) is 17.6. The molecule has 3 aliphatic carbocycles. The lowest BCUT2D eigenvalue weighted by atomic mass is 9.44. The summed E-state index contributed by atoms with van der Waals surface area (Å²) in [6.07, 6.45) is -13.5. The smallest absolute Gasteiger partial charge is 0.454 e. The first-order valence-electron chi connectivity index (χ1n) is 21.9. The largest absolute Gasteiger partial charge is 0.509 e. The summed E-state index contributed by atoms with van der Waals surface area (Å²) in [5.41, 5.74) is -6.83.